The van der Waals surface area contributed by atoms with Gasteiger partial charge in [0.25, 0.3) is 0 Å². The lowest BCUT2D eigenvalue weighted by Gasteiger charge is -2.06. The summed E-state index contributed by atoms with van der Waals surface area (Å²) < 4.78 is 1.61. The van der Waals surface area contributed by atoms with E-state index in [-0.39, 0.29) is 0 Å². The molecule has 5 heteroatoms. The minimum absolute atomic E-state index is 0.589. The van der Waals surface area contributed by atoms with Crippen LogP contribution in [0.25, 0.3) is 0 Å². The molecule has 2 N–H and O–H groups in total. The van der Waals surface area contributed by atoms with E-state index in [1.165, 1.54) is 0 Å². The number of hydrogen-bond acceptors (Lipinski definition) is 3. The Morgan fingerprint density at radius 3 is 2.92 bits per heavy atom. The maximum absolute atomic E-state index is 10.4. The number of aliphatic carboxylic acids is 1. The maximum atomic E-state index is 10.4. The minimum atomic E-state index is -0.876. The van der Waals surface area contributed by atoms with E-state index in [0.29, 0.717) is 5.69 Å². The van der Waals surface area contributed by atoms with E-state index < -0.39 is 12.0 Å². The van der Waals surface area contributed by atoms with Gasteiger partial charge in [0.05, 0.1) is 11.9 Å². The first-order valence-electron chi connectivity index (χ1n) is 3.57. The van der Waals surface area contributed by atoms with Crippen LogP contribution in [-0.4, -0.2) is 26.9 Å². The molecule has 1 atom stereocenters. The number of nitrogens with zero attached hydrogens (tertiary/aromatic N) is 2. The molecule has 0 amide bonds. The monoisotopic (exact) mass is 169 g/mol. The molecule has 0 spiro atoms. The zero-order chi connectivity index (χ0) is 9.14. The van der Waals surface area contributed by atoms with Crippen molar-refractivity contribution in [3.63, 3.8) is 0 Å². The van der Waals surface area contributed by atoms with Crippen LogP contribution in [0.15, 0.2) is 12.4 Å². The predicted octanol–water partition coefficient (Wildman–Crippen LogP) is 0.305. The third-order valence-electron chi connectivity index (χ3n) is 1.46. The normalized spacial score (nSPS) is 12.5. The molecule has 0 saturated carbocycles. The van der Waals surface area contributed by atoms with E-state index in [4.69, 9.17) is 5.11 Å². The number of rotatable bonds is 3. The van der Waals surface area contributed by atoms with Crippen LogP contribution in [-0.2, 0) is 11.8 Å². The molecule has 0 fully saturated rings. The fourth-order valence-electron chi connectivity index (χ4n) is 0.807. The number of hydrogen-bond donors (Lipinski definition) is 2. The molecule has 1 heterocycles. The van der Waals surface area contributed by atoms with Gasteiger partial charge in [-0.15, -0.1) is 0 Å². The largest absolute Gasteiger partial charge is 0.480 e. The van der Waals surface area contributed by atoms with Crippen molar-refractivity contribution in [2.24, 2.45) is 7.05 Å². The van der Waals surface area contributed by atoms with Crippen molar-refractivity contribution in [3.05, 3.63) is 12.4 Å². The van der Waals surface area contributed by atoms with Crippen molar-refractivity contribution in [2.45, 2.75) is 13.0 Å². The lowest BCUT2D eigenvalue weighted by Crippen LogP contribution is -2.25. The number of carbonyl (C=O) groups is 1. The fraction of sp³-hybridized carbons (Fsp3) is 0.429. The number of carboxylic acid groups (broad SMARTS) is 1. The Kier molecular flexibility index (Phi) is 2.32. The molecule has 0 bridgehead atoms. The maximum Gasteiger partial charge on any atom is 0.325 e. The average Bonchev–Trinajstić information content (AvgIpc) is 2.35. The molecule has 1 aromatic rings. The second kappa shape index (κ2) is 3.25. The summed E-state index contributed by atoms with van der Waals surface area (Å²) in [4.78, 5) is 10.4. The smallest absolute Gasteiger partial charge is 0.325 e. The van der Waals surface area contributed by atoms with Gasteiger partial charge in [0.15, 0.2) is 0 Å². The van der Waals surface area contributed by atoms with Crippen molar-refractivity contribution >= 4 is 11.7 Å². The molecular weight excluding hydrogens is 158 g/mol. The summed E-state index contributed by atoms with van der Waals surface area (Å²) in [7, 11) is 1.77. The lowest BCUT2D eigenvalue weighted by atomic mass is 10.3. The topological polar surface area (TPSA) is 67.2 Å². The van der Waals surface area contributed by atoms with Gasteiger partial charge in [-0.2, -0.15) is 5.10 Å². The minimum Gasteiger partial charge on any atom is -0.480 e. The van der Waals surface area contributed by atoms with Crippen LogP contribution in [0.1, 0.15) is 6.92 Å². The van der Waals surface area contributed by atoms with E-state index in [9.17, 15) is 4.79 Å². The van der Waals surface area contributed by atoms with Gasteiger partial charge in [-0.1, -0.05) is 0 Å². The van der Waals surface area contributed by atoms with Crippen molar-refractivity contribution in [2.75, 3.05) is 5.32 Å². The van der Waals surface area contributed by atoms with E-state index in [0.717, 1.165) is 0 Å². The highest BCUT2D eigenvalue weighted by atomic mass is 16.4. The molecule has 5 nitrogen and oxygen atoms in total. The summed E-state index contributed by atoms with van der Waals surface area (Å²) in [6, 6.07) is -0.589. The van der Waals surface area contributed by atoms with Crippen molar-refractivity contribution < 1.29 is 9.90 Å². The first-order valence-corrected chi connectivity index (χ1v) is 3.57. The van der Waals surface area contributed by atoms with Gasteiger partial charge < -0.3 is 10.4 Å². The Morgan fingerprint density at radius 1 is 1.83 bits per heavy atom. The summed E-state index contributed by atoms with van der Waals surface area (Å²) in [5.41, 5.74) is 0.715. The van der Waals surface area contributed by atoms with E-state index in [2.05, 4.69) is 10.4 Å². The van der Waals surface area contributed by atoms with Gasteiger partial charge in [0.1, 0.15) is 6.04 Å². The number of carboxylic acids is 1. The molecule has 0 aliphatic carbocycles. The Hall–Kier alpha value is -1.52. The molecule has 0 saturated heterocycles. The summed E-state index contributed by atoms with van der Waals surface area (Å²) in [6.07, 6.45) is 3.30. The van der Waals surface area contributed by atoms with E-state index in [1.54, 1.807) is 31.0 Å². The lowest BCUT2D eigenvalue weighted by molar-refractivity contribution is -0.137. The molecule has 1 rings (SSSR count). The number of nitrogens with one attached hydrogen (secondary N) is 1. The number of anilines is 1. The Balaban J connectivity index is 2.58. The van der Waals surface area contributed by atoms with Crippen molar-refractivity contribution in [3.8, 4) is 0 Å². The van der Waals surface area contributed by atoms with Crippen LogP contribution in [0.3, 0.4) is 0 Å². The predicted molar refractivity (Wildman–Crippen MR) is 43.9 cm³/mol. The highest BCUT2D eigenvalue weighted by Crippen LogP contribution is 2.05. The molecule has 66 valence electrons. The van der Waals surface area contributed by atoms with Crippen LogP contribution in [0.2, 0.25) is 0 Å². The standard InChI is InChI=1S/C7H11N3O2/c1-5(7(11)12)9-6-3-8-10(2)4-6/h3-5,9H,1-2H3,(H,11,12). The highest BCUT2D eigenvalue weighted by Gasteiger charge is 2.10. The van der Waals surface area contributed by atoms with Crippen LogP contribution in [0, 0.1) is 0 Å². The third-order valence-corrected chi connectivity index (χ3v) is 1.46. The molecule has 0 aromatic carbocycles. The van der Waals surface area contributed by atoms with E-state index >= 15 is 0 Å². The second-order valence-corrected chi connectivity index (χ2v) is 2.61. The molecule has 1 unspecified atom stereocenters. The first kappa shape index (κ1) is 8.58. The fourth-order valence-corrected chi connectivity index (χ4v) is 0.807. The van der Waals surface area contributed by atoms with Gasteiger partial charge in [-0.05, 0) is 6.92 Å². The van der Waals surface area contributed by atoms with Crippen molar-refractivity contribution in [1.82, 2.24) is 9.78 Å². The van der Waals surface area contributed by atoms with Crippen LogP contribution >= 0.6 is 0 Å². The van der Waals surface area contributed by atoms with Gasteiger partial charge in [0, 0.05) is 13.2 Å². The molecule has 1 aromatic heterocycles. The quantitative estimate of drug-likeness (QED) is 0.683. The van der Waals surface area contributed by atoms with Gasteiger partial charge >= 0.3 is 5.97 Å². The molecular formula is C7H11N3O2. The van der Waals surface area contributed by atoms with Gasteiger partial charge in [-0.25, -0.2) is 0 Å². The summed E-state index contributed by atoms with van der Waals surface area (Å²) >= 11 is 0. The Labute approximate surface area is 70.0 Å². The van der Waals surface area contributed by atoms with Crippen LogP contribution in [0.5, 0.6) is 0 Å². The van der Waals surface area contributed by atoms with Gasteiger partial charge in [-0.3, -0.25) is 9.48 Å². The summed E-state index contributed by atoms with van der Waals surface area (Å²) in [5, 5.41) is 15.2. The van der Waals surface area contributed by atoms with Crippen LogP contribution < -0.4 is 5.32 Å². The zero-order valence-corrected chi connectivity index (χ0v) is 6.98. The average molecular weight is 169 g/mol. The summed E-state index contributed by atoms with van der Waals surface area (Å²) in [5.74, 6) is -0.876. The Morgan fingerprint density at radius 2 is 2.50 bits per heavy atom. The number of aryl methyl sites for hydroxylation is 1. The third kappa shape index (κ3) is 1.98. The van der Waals surface area contributed by atoms with Gasteiger partial charge in [0.2, 0.25) is 0 Å². The van der Waals surface area contributed by atoms with E-state index in [1.807, 2.05) is 0 Å². The summed E-state index contributed by atoms with van der Waals surface area (Å²) in [6.45, 7) is 1.58. The zero-order valence-electron chi connectivity index (χ0n) is 6.98. The first-order chi connectivity index (χ1) is 5.59. The van der Waals surface area contributed by atoms with Crippen molar-refractivity contribution in [1.29, 1.82) is 0 Å². The van der Waals surface area contributed by atoms with Crippen LogP contribution in [0.4, 0.5) is 5.69 Å². The molecule has 0 aliphatic heterocycles. The molecule has 0 radical (unpaired) electrons. The number of aromatic nitrogens is 2. The molecule has 0 aliphatic rings. The second-order valence-electron chi connectivity index (χ2n) is 2.61. The highest BCUT2D eigenvalue weighted by molar-refractivity contribution is 5.76. The molecule has 12 heavy (non-hydrogen) atoms. The SMILES string of the molecule is CC(Nc1cnn(C)c1)C(=O)O. The Bertz CT molecular complexity index is 282.